The summed E-state index contributed by atoms with van der Waals surface area (Å²) < 4.78 is 1.84. The molecule has 1 aromatic rings. The molecule has 1 aromatic heterocycles. The molecule has 0 aliphatic heterocycles. The van der Waals surface area contributed by atoms with E-state index < -0.39 is 5.91 Å². The van der Waals surface area contributed by atoms with Gasteiger partial charge in [-0.3, -0.25) is 9.59 Å². The van der Waals surface area contributed by atoms with Crippen molar-refractivity contribution in [1.29, 1.82) is 0 Å². The molecule has 1 rings (SSSR count). The Labute approximate surface area is 138 Å². The van der Waals surface area contributed by atoms with E-state index in [-0.39, 0.29) is 0 Å². The predicted octanol–water partition coefficient (Wildman–Crippen LogP) is 0.180. The van der Waals surface area contributed by atoms with Gasteiger partial charge in [-0.1, -0.05) is 13.8 Å². The fourth-order valence-electron chi connectivity index (χ4n) is 2.37. The topological polar surface area (TPSA) is 115 Å². The molecule has 0 saturated heterocycles. The molecule has 132 valence electrons. The number of carbonyl (C=O) groups excluding carboxylic acids is 2. The molecule has 0 saturated carbocycles. The zero-order valence-electron chi connectivity index (χ0n) is 14.7. The van der Waals surface area contributed by atoms with E-state index in [1.807, 2.05) is 18.4 Å². The number of nitrogens with one attached hydrogen (secondary N) is 2. The molecule has 7 heteroatoms. The molecule has 0 atom stereocenters. The standard InChI is InChI=1S/C12H19N3O2.C4H12N2/c1-4-14-5-6-15-9(3)11(12(13)17)8(2)10(15)7-16;1-2-6-4-3-5/h7,14H,4-6H2,1-3H3,(H2,13,17);6H,2-5H2,1H3. The molecule has 0 fully saturated rings. The van der Waals surface area contributed by atoms with Gasteiger partial charge in [-0.05, 0) is 32.5 Å². The van der Waals surface area contributed by atoms with Crippen LogP contribution in [-0.4, -0.2) is 49.5 Å². The Morgan fingerprint density at radius 3 is 2.13 bits per heavy atom. The molecule has 7 nitrogen and oxygen atoms in total. The van der Waals surface area contributed by atoms with E-state index in [9.17, 15) is 9.59 Å². The molecule has 6 N–H and O–H groups in total. The summed E-state index contributed by atoms with van der Waals surface area (Å²) in [7, 11) is 0. The minimum Gasteiger partial charge on any atom is -0.366 e. The van der Waals surface area contributed by atoms with Crippen LogP contribution in [0.1, 0.15) is 46.0 Å². The zero-order chi connectivity index (χ0) is 17.8. The second kappa shape index (κ2) is 11.8. The first-order valence-electron chi connectivity index (χ1n) is 8.02. The molecule has 0 aliphatic carbocycles. The highest BCUT2D eigenvalue weighted by atomic mass is 16.1. The maximum atomic E-state index is 11.3. The first-order chi connectivity index (χ1) is 11.0. The van der Waals surface area contributed by atoms with Gasteiger partial charge in [-0.25, -0.2) is 0 Å². The van der Waals surface area contributed by atoms with Crippen molar-refractivity contribution in [2.45, 2.75) is 34.2 Å². The largest absolute Gasteiger partial charge is 0.366 e. The van der Waals surface area contributed by atoms with Crippen LogP contribution in [0.15, 0.2) is 0 Å². The van der Waals surface area contributed by atoms with Crippen LogP contribution in [0, 0.1) is 13.8 Å². The lowest BCUT2D eigenvalue weighted by Crippen LogP contribution is -2.21. The second-order valence-electron chi connectivity index (χ2n) is 5.10. The molecule has 0 bridgehead atoms. The van der Waals surface area contributed by atoms with Crippen molar-refractivity contribution in [2.24, 2.45) is 11.5 Å². The van der Waals surface area contributed by atoms with Crippen molar-refractivity contribution in [3.05, 3.63) is 22.5 Å². The third-order valence-electron chi connectivity index (χ3n) is 3.51. The monoisotopic (exact) mass is 325 g/mol. The molecule has 0 spiro atoms. The SMILES string of the molecule is CCNCCN.CCNCCn1c(C)c(C(N)=O)c(C)c1C=O. The lowest BCUT2D eigenvalue weighted by atomic mass is 10.1. The van der Waals surface area contributed by atoms with Gasteiger partial charge in [0, 0.05) is 31.9 Å². The smallest absolute Gasteiger partial charge is 0.250 e. The highest BCUT2D eigenvalue weighted by Crippen LogP contribution is 2.20. The lowest BCUT2D eigenvalue weighted by Gasteiger charge is -2.09. The summed E-state index contributed by atoms with van der Waals surface area (Å²) in [6.45, 7) is 12.6. The van der Waals surface area contributed by atoms with Gasteiger partial charge in [0.2, 0.25) is 0 Å². The first-order valence-corrected chi connectivity index (χ1v) is 8.02. The summed E-state index contributed by atoms with van der Waals surface area (Å²) in [5.41, 5.74) is 12.9. The van der Waals surface area contributed by atoms with Crippen molar-refractivity contribution >= 4 is 12.2 Å². The van der Waals surface area contributed by atoms with Crippen LogP contribution < -0.4 is 22.1 Å². The van der Waals surface area contributed by atoms with Gasteiger partial charge in [0.05, 0.1) is 11.3 Å². The fraction of sp³-hybridized carbons (Fsp3) is 0.625. The number of amides is 1. The van der Waals surface area contributed by atoms with Gasteiger partial charge in [-0.2, -0.15) is 0 Å². The molecular formula is C16H31N5O2. The van der Waals surface area contributed by atoms with Gasteiger partial charge < -0.3 is 26.7 Å². The summed E-state index contributed by atoms with van der Waals surface area (Å²) >= 11 is 0. The van der Waals surface area contributed by atoms with E-state index in [1.54, 1.807) is 6.92 Å². The lowest BCUT2D eigenvalue weighted by molar-refractivity contribution is 0.0999. The minimum atomic E-state index is -0.481. The number of rotatable bonds is 9. The van der Waals surface area contributed by atoms with Crippen molar-refractivity contribution in [3.8, 4) is 0 Å². The van der Waals surface area contributed by atoms with Gasteiger partial charge in [0.1, 0.15) is 0 Å². The number of aldehydes is 1. The van der Waals surface area contributed by atoms with Gasteiger partial charge >= 0.3 is 0 Å². The van der Waals surface area contributed by atoms with Gasteiger partial charge in [0.15, 0.2) is 6.29 Å². The van der Waals surface area contributed by atoms with Gasteiger partial charge in [0.25, 0.3) is 5.91 Å². The maximum absolute atomic E-state index is 11.3. The first kappa shape index (κ1) is 21.3. The van der Waals surface area contributed by atoms with Gasteiger partial charge in [-0.15, -0.1) is 0 Å². The molecule has 23 heavy (non-hydrogen) atoms. The van der Waals surface area contributed by atoms with E-state index >= 15 is 0 Å². The number of likely N-dealkylation sites (N-methyl/N-ethyl adjacent to an activating group) is 2. The summed E-state index contributed by atoms with van der Waals surface area (Å²) in [5.74, 6) is -0.481. The minimum absolute atomic E-state index is 0.462. The number of aromatic nitrogens is 1. The highest BCUT2D eigenvalue weighted by molar-refractivity contribution is 5.98. The Morgan fingerprint density at radius 2 is 1.74 bits per heavy atom. The second-order valence-corrected chi connectivity index (χ2v) is 5.10. The number of nitrogens with two attached hydrogens (primary N) is 2. The Balaban J connectivity index is 0.000000688. The molecular weight excluding hydrogens is 294 g/mol. The number of primary amides is 1. The average molecular weight is 325 g/mol. The maximum Gasteiger partial charge on any atom is 0.250 e. The Bertz CT molecular complexity index is 493. The average Bonchev–Trinajstić information content (AvgIpc) is 2.76. The molecule has 1 heterocycles. The third-order valence-corrected chi connectivity index (χ3v) is 3.51. The van der Waals surface area contributed by atoms with Crippen LogP contribution in [0.5, 0.6) is 0 Å². The van der Waals surface area contributed by atoms with Crippen molar-refractivity contribution in [3.63, 3.8) is 0 Å². The van der Waals surface area contributed by atoms with E-state index in [0.717, 1.165) is 44.7 Å². The Hall–Kier alpha value is -1.70. The number of nitrogens with zero attached hydrogens (tertiary/aromatic N) is 1. The number of hydrogen-bond acceptors (Lipinski definition) is 5. The van der Waals surface area contributed by atoms with Crippen LogP contribution in [0.2, 0.25) is 0 Å². The molecule has 0 aromatic carbocycles. The van der Waals surface area contributed by atoms with E-state index in [4.69, 9.17) is 11.5 Å². The quantitative estimate of drug-likeness (QED) is 0.382. The van der Waals surface area contributed by atoms with E-state index in [0.29, 0.717) is 23.4 Å². The summed E-state index contributed by atoms with van der Waals surface area (Å²) in [6.07, 6.45) is 0.778. The van der Waals surface area contributed by atoms with Crippen molar-refractivity contribution in [1.82, 2.24) is 15.2 Å². The van der Waals surface area contributed by atoms with Crippen molar-refractivity contribution < 1.29 is 9.59 Å². The normalized spacial score (nSPS) is 10.1. The predicted molar refractivity (Wildman–Crippen MR) is 94.0 cm³/mol. The summed E-state index contributed by atoms with van der Waals surface area (Å²) in [6, 6.07) is 0. The summed E-state index contributed by atoms with van der Waals surface area (Å²) in [4.78, 5) is 22.4. The van der Waals surface area contributed by atoms with E-state index in [2.05, 4.69) is 17.6 Å². The Kier molecular flexibility index (Phi) is 10.9. The van der Waals surface area contributed by atoms with Crippen molar-refractivity contribution in [2.75, 3.05) is 32.7 Å². The van der Waals surface area contributed by atoms with Crippen LogP contribution in [0.4, 0.5) is 0 Å². The number of hydrogen-bond donors (Lipinski definition) is 4. The zero-order valence-corrected chi connectivity index (χ0v) is 14.7. The molecule has 0 unspecified atom stereocenters. The Morgan fingerprint density at radius 1 is 1.17 bits per heavy atom. The van der Waals surface area contributed by atoms with Crippen LogP contribution in [0.25, 0.3) is 0 Å². The molecule has 0 aliphatic rings. The van der Waals surface area contributed by atoms with Crippen LogP contribution in [-0.2, 0) is 6.54 Å². The molecule has 0 radical (unpaired) electrons. The van der Waals surface area contributed by atoms with Crippen LogP contribution in [0.3, 0.4) is 0 Å². The molecule has 1 amide bonds. The number of carbonyl (C=O) groups is 2. The van der Waals surface area contributed by atoms with E-state index in [1.165, 1.54) is 0 Å². The highest BCUT2D eigenvalue weighted by Gasteiger charge is 2.19. The van der Waals surface area contributed by atoms with Crippen LogP contribution >= 0.6 is 0 Å². The fourth-order valence-corrected chi connectivity index (χ4v) is 2.37. The summed E-state index contributed by atoms with van der Waals surface area (Å²) in [5, 5.41) is 6.25. The third kappa shape index (κ3) is 6.52.